The highest BCUT2D eigenvalue weighted by atomic mass is 16.3. The van der Waals surface area contributed by atoms with Gasteiger partial charge in [-0.25, -0.2) is 0 Å². The molecule has 0 saturated heterocycles. The molecule has 0 bridgehead atoms. The average molecular weight is 243 g/mol. The van der Waals surface area contributed by atoms with E-state index in [-0.39, 0.29) is 17.5 Å². The molecule has 2 rings (SSSR count). The van der Waals surface area contributed by atoms with E-state index in [0.717, 1.165) is 0 Å². The minimum absolute atomic E-state index is 0.114. The molecule has 3 heteroatoms. The van der Waals surface area contributed by atoms with Gasteiger partial charge in [0.05, 0.1) is 5.56 Å². The van der Waals surface area contributed by atoms with Gasteiger partial charge in [-0.3, -0.25) is 0 Å². The van der Waals surface area contributed by atoms with Gasteiger partial charge in [0.1, 0.15) is 11.5 Å². The van der Waals surface area contributed by atoms with Crippen LogP contribution >= 0.6 is 0 Å². The molecule has 1 atom stereocenters. The highest BCUT2D eigenvalue weighted by molar-refractivity contribution is 5.44. The predicted molar refractivity (Wildman–Crippen MR) is 71.5 cm³/mol. The molecular weight excluding hydrogens is 226 g/mol. The second-order valence-corrected chi connectivity index (χ2v) is 4.30. The second kappa shape index (κ2) is 5.56. The third kappa shape index (κ3) is 2.81. The maximum absolute atomic E-state index is 9.76. The third-order valence-electron chi connectivity index (χ3n) is 2.95. The first-order valence-electron chi connectivity index (χ1n) is 5.96. The molecule has 0 aliphatic carbocycles. The molecule has 3 N–H and O–H groups in total. The first-order valence-corrected chi connectivity index (χ1v) is 5.96. The Labute approximate surface area is 107 Å². The van der Waals surface area contributed by atoms with Crippen molar-refractivity contribution in [2.75, 3.05) is 0 Å². The van der Waals surface area contributed by atoms with E-state index < -0.39 is 0 Å². The van der Waals surface area contributed by atoms with Gasteiger partial charge >= 0.3 is 0 Å². The lowest BCUT2D eigenvalue weighted by Crippen LogP contribution is -2.18. The van der Waals surface area contributed by atoms with Crippen molar-refractivity contribution in [2.24, 2.45) is 0 Å². The molecule has 2 aromatic carbocycles. The Bertz CT molecular complexity index is 491. The van der Waals surface area contributed by atoms with Gasteiger partial charge in [-0.05, 0) is 24.6 Å². The van der Waals surface area contributed by atoms with Gasteiger partial charge in [0.2, 0.25) is 0 Å². The van der Waals surface area contributed by atoms with Crippen LogP contribution in [0, 0.1) is 0 Å². The molecule has 0 aliphatic rings. The summed E-state index contributed by atoms with van der Waals surface area (Å²) in [5, 5.41) is 22.8. The van der Waals surface area contributed by atoms with Crippen molar-refractivity contribution in [1.82, 2.24) is 5.32 Å². The summed E-state index contributed by atoms with van der Waals surface area (Å²) in [5.74, 6) is 0.228. The number of nitrogens with one attached hydrogen (secondary N) is 1. The number of benzene rings is 2. The maximum atomic E-state index is 9.76. The van der Waals surface area contributed by atoms with Crippen LogP contribution in [0.15, 0.2) is 48.5 Å². The first kappa shape index (κ1) is 12.5. The molecular formula is C15H17NO2. The molecule has 0 radical (unpaired) electrons. The summed E-state index contributed by atoms with van der Waals surface area (Å²) in [6.07, 6.45) is 0. The molecule has 94 valence electrons. The zero-order chi connectivity index (χ0) is 13.0. The van der Waals surface area contributed by atoms with E-state index in [2.05, 4.69) is 5.32 Å². The van der Waals surface area contributed by atoms with Gasteiger partial charge in [-0.15, -0.1) is 0 Å². The van der Waals surface area contributed by atoms with Gasteiger partial charge < -0.3 is 15.5 Å². The van der Waals surface area contributed by atoms with Crippen LogP contribution in [0.5, 0.6) is 11.5 Å². The molecule has 0 amide bonds. The summed E-state index contributed by atoms with van der Waals surface area (Å²) in [6.45, 7) is 2.60. The Balaban J connectivity index is 2.06. The summed E-state index contributed by atoms with van der Waals surface area (Å²) in [6, 6.07) is 14.7. The molecule has 18 heavy (non-hydrogen) atoms. The molecule has 0 spiro atoms. The molecule has 0 heterocycles. The number of phenolic OH excluding ortho intramolecular Hbond substituents is 2. The molecule has 0 aromatic heterocycles. The van der Waals surface area contributed by atoms with Crippen molar-refractivity contribution in [3.05, 3.63) is 59.7 Å². The van der Waals surface area contributed by atoms with Crippen LogP contribution in [0.2, 0.25) is 0 Å². The number of hydrogen-bond acceptors (Lipinski definition) is 3. The number of aromatic hydroxyl groups is 2. The van der Waals surface area contributed by atoms with E-state index in [1.807, 2.05) is 37.3 Å². The normalized spacial score (nSPS) is 12.3. The van der Waals surface area contributed by atoms with Crippen LogP contribution in [0.25, 0.3) is 0 Å². The van der Waals surface area contributed by atoms with Crippen LogP contribution in [-0.2, 0) is 6.54 Å². The fraction of sp³-hybridized carbons (Fsp3) is 0.200. The fourth-order valence-electron chi connectivity index (χ4n) is 1.95. The number of rotatable bonds is 4. The van der Waals surface area contributed by atoms with E-state index >= 15 is 0 Å². The molecule has 2 aromatic rings. The van der Waals surface area contributed by atoms with Crippen LogP contribution < -0.4 is 5.32 Å². The summed E-state index contributed by atoms with van der Waals surface area (Å²) in [5.41, 5.74) is 1.70. The number of phenols is 2. The van der Waals surface area contributed by atoms with E-state index in [1.165, 1.54) is 5.56 Å². The third-order valence-corrected chi connectivity index (χ3v) is 2.95. The first-order chi connectivity index (χ1) is 8.68. The maximum Gasteiger partial charge on any atom is 0.124 e. The monoisotopic (exact) mass is 243 g/mol. The van der Waals surface area contributed by atoms with E-state index in [9.17, 15) is 10.2 Å². The van der Waals surface area contributed by atoms with E-state index in [0.29, 0.717) is 12.1 Å². The summed E-state index contributed by atoms with van der Waals surface area (Å²) in [4.78, 5) is 0. The quantitative estimate of drug-likeness (QED) is 0.773. The summed E-state index contributed by atoms with van der Waals surface area (Å²) < 4.78 is 0. The lowest BCUT2D eigenvalue weighted by molar-refractivity contribution is 0.418. The number of hydrogen-bond donors (Lipinski definition) is 3. The smallest absolute Gasteiger partial charge is 0.124 e. The SMILES string of the molecule is CC(NCc1ccccc1)c1c(O)cccc1O. The standard InChI is InChI=1S/C15H17NO2/c1-11(15-13(17)8-5-9-14(15)18)16-10-12-6-3-2-4-7-12/h2-9,11,16-18H,10H2,1H3. The van der Waals surface area contributed by atoms with Gasteiger partial charge in [0.15, 0.2) is 0 Å². The topological polar surface area (TPSA) is 52.5 Å². The van der Waals surface area contributed by atoms with Gasteiger partial charge in [0.25, 0.3) is 0 Å². The van der Waals surface area contributed by atoms with Crippen molar-refractivity contribution in [3.8, 4) is 11.5 Å². The Hall–Kier alpha value is -2.00. The Morgan fingerprint density at radius 2 is 1.56 bits per heavy atom. The van der Waals surface area contributed by atoms with E-state index in [1.54, 1.807) is 18.2 Å². The van der Waals surface area contributed by atoms with Gasteiger partial charge in [0, 0.05) is 12.6 Å². The Morgan fingerprint density at radius 1 is 0.944 bits per heavy atom. The van der Waals surface area contributed by atoms with Crippen molar-refractivity contribution >= 4 is 0 Å². The van der Waals surface area contributed by atoms with Crippen LogP contribution in [0.4, 0.5) is 0 Å². The highest BCUT2D eigenvalue weighted by Crippen LogP contribution is 2.32. The minimum Gasteiger partial charge on any atom is -0.507 e. The van der Waals surface area contributed by atoms with Crippen LogP contribution in [-0.4, -0.2) is 10.2 Å². The largest absolute Gasteiger partial charge is 0.507 e. The van der Waals surface area contributed by atoms with Gasteiger partial charge in [-0.2, -0.15) is 0 Å². The van der Waals surface area contributed by atoms with Crippen molar-refractivity contribution in [1.29, 1.82) is 0 Å². The van der Waals surface area contributed by atoms with Crippen LogP contribution in [0.3, 0.4) is 0 Å². The minimum atomic E-state index is -0.119. The Morgan fingerprint density at radius 3 is 2.17 bits per heavy atom. The molecule has 0 saturated carbocycles. The molecule has 1 unspecified atom stereocenters. The zero-order valence-corrected chi connectivity index (χ0v) is 10.3. The summed E-state index contributed by atoms with van der Waals surface area (Å²) >= 11 is 0. The summed E-state index contributed by atoms with van der Waals surface area (Å²) in [7, 11) is 0. The lowest BCUT2D eigenvalue weighted by atomic mass is 10.1. The predicted octanol–water partition coefficient (Wildman–Crippen LogP) is 2.95. The fourth-order valence-corrected chi connectivity index (χ4v) is 1.95. The van der Waals surface area contributed by atoms with Crippen molar-refractivity contribution < 1.29 is 10.2 Å². The average Bonchev–Trinajstić information content (AvgIpc) is 2.37. The molecule has 0 aliphatic heterocycles. The second-order valence-electron chi connectivity index (χ2n) is 4.30. The van der Waals surface area contributed by atoms with Gasteiger partial charge in [-0.1, -0.05) is 36.4 Å². The molecule has 0 fully saturated rings. The zero-order valence-electron chi connectivity index (χ0n) is 10.3. The Kier molecular flexibility index (Phi) is 3.85. The van der Waals surface area contributed by atoms with Crippen molar-refractivity contribution in [3.63, 3.8) is 0 Å². The lowest BCUT2D eigenvalue weighted by Gasteiger charge is -2.16. The van der Waals surface area contributed by atoms with E-state index in [4.69, 9.17) is 0 Å². The van der Waals surface area contributed by atoms with Crippen molar-refractivity contribution in [2.45, 2.75) is 19.5 Å². The highest BCUT2D eigenvalue weighted by Gasteiger charge is 2.14. The molecule has 3 nitrogen and oxygen atoms in total. The van der Waals surface area contributed by atoms with Crippen LogP contribution in [0.1, 0.15) is 24.1 Å².